The van der Waals surface area contributed by atoms with E-state index in [1.54, 1.807) is 12.1 Å². The number of hydrogen-bond acceptors (Lipinski definition) is 6. The molecule has 8 heteroatoms. The van der Waals surface area contributed by atoms with Crippen LogP contribution >= 0.6 is 11.3 Å². The van der Waals surface area contributed by atoms with Crippen LogP contribution in [0.3, 0.4) is 0 Å². The molecule has 0 radical (unpaired) electrons. The lowest BCUT2D eigenvalue weighted by atomic mass is 10.1. The molecule has 0 spiro atoms. The maximum absolute atomic E-state index is 12.5. The third-order valence-corrected chi connectivity index (χ3v) is 6.83. The smallest absolute Gasteiger partial charge is 0.336 e. The summed E-state index contributed by atoms with van der Waals surface area (Å²) in [5, 5.41) is 6.07. The molecule has 182 valence electrons. The Morgan fingerprint density at radius 3 is 2.69 bits per heavy atom. The molecule has 36 heavy (non-hydrogen) atoms. The number of ether oxygens (including phenoxy) is 1. The summed E-state index contributed by atoms with van der Waals surface area (Å²) in [5.41, 5.74) is 6.21. The van der Waals surface area contributed by atoms with E-state index >= 15 is 0 Å². The Morgan fingerprint density at radius 1 is 1.08 bits per heavy atom. The minimum Gasteiger partial charge on any atom is -0.484 e. The number of benzene rings is 2. The first-order valence-electron chi connectivity index (χ1n) is 11.5. The first-order valence-corrected chi connectivity index (χ1v) is 12.4. The number of hydrogen-bond donors (Lipinski definition) is 1. The molecule has 0 fully saturated rings. The van der Waals surface area contributed by atoms with Crippen molar-refractivity contribution in [2.45, 2.75) is 27.3 Å². The summed E-state index contributed by atoms with van der Waals surface area (Å²) >= 11 is 1.37. The molecule has 0 aliphatic heterocycles. The third-order valence-electron chi connectivity index (χ3n) is 6.08. The molecule has 3 heterocycles. The molecule has 0 saturated heterocycles. The van der Waals surface area contributed by atoms with Crippen LogP contribution in [-0.2, 0) is 11.3 Å². The number of anilines is 1. The van der Waals surface area contributed by atoms with Gasteiger partial charge in [-0.1, -0.05) is 30.3 Å². The summed E-state index contributed by atoms with van der Waals surface area (Å²) in [5.74, 6) is 0.119. The van der Waals surface area contributed by atoms with E-state index in [-0.39, 0.29) is 12.5 Å². The van der Waals surface area contributed by atoms with Crippen molar-refractivity contribution < 1.29 is 13.9 Å². The second-order valence-corrected chi connectivity index (χ2v) is 9.50. The van der Waals surface area contributed by atoms with Gasteiger partial charge in [0.1, 0.15) is 11.3 Å². The van der Waals surface area contributed by atoms with E-state index in [1.165, 1.54) is 23.0 Å². The first kappa shape index (κ1) is 23.6. The fraction of sp³-hybridized carbons (Fsp3) is 0.179. The fourth-order valence-electron chi connectivity index (χ4n) is 4.22. The quantitative estimate of drug-likeness (QED) is 0.290. The van der Waals surface area contributed by atoms with Gasteiger partial charge in [0.05, 0.1) is 5.69 Å². The van der Waals surface area contributed by atoms with E-state index in [2.05, 4.69) is 46.9 Å². The van der Waals surface area contributed by atoms with Gasteiger partial charge in [0.15, 0.2) is 11.7 Å². The van der Waals surface area contributed by atoms with Crippen molar-refractivity contribution in [3.63, 3.8) is 0 Å². The highest BCUT2D eigenvalue weighted by molar-refractivity contribution is 7.14. The largest absolute Gasteiger partial charge is 0.484 e. The van der Waals surface area contributed by atoms with Crippen molar-refractivity contribution in [2.75, 3.05) is 11.9 Å². The second kappa shape index (κ2) is 9.83. The lowest BCUT2D eigenvalue weighted by molar-refractivity contribution is -0.118. The van der Waals surface area contributed by atoms with Gasteiger partial charge in [-0.3, -0.25) is 10.1 Å². The van der Waals surface area contributed by atoms with Crippen molar-refractivity contribution in [3.05, 3.63) is 99.0 Å². The molecule has 0 unspecified atom stereocenters. The predicted octanol–water partition coefficient (Wildman–Crippen LogP) is 5.71. The Balaban J connectivity index is 1.24. The van der Waals surface area contributed by atoms with Crippen LogP contribution < -0.4 is 15.7 Å². The van der Waals surface area contributed by atoms with Crippen LogP contribution in [0.1, 0.15) is 22.5 Å². The molecule has 0 saturated carbocycles. The Morgan fingerprint density at radius 2 is 1.89 bits per heavy atom. The zero-order chi connectivity index (χ0) is 25.2. The van der Waals surface area contributed by atoms with Crippen molar-refractivity contribution in [2.24, 2.45) is 0 Å². The van der Waals surface area contributed by atoms with Gasteiger partial charge >= 0.3 is 5.63 Å². The van der Waals surface area contributed by atoms with E-state index in [4.69, 9.17) is 9.15 Å². The van der Waals surface area contributed by atoms with Crippen molar-refractivity contribution in [3.8, 4) is 17.0 Å². The first-order chi connectivity index (χ1) is 17.4. The zero-order valence-corrected chi connectivity index (χ0v) is 21.0. The maximum atomic E-state index is 12.5. The van der Waals surface area contributed by atoms with Crippen LogP contribution in [0.25, 0.3) is 22.2 Å². The molecule has 3 aromatic heterocycles. The molecular formula is C28H25N3O4S. The predicted molar refractivity (Wildman–Crippen MR) is 142 cm³/mol. The van der Waals surface area contributed by atoms with Crippen molar-refractivity contribution in [1.82, 2.24) is 9.55 Å². The highest BCUT2D eigenvalue weighted by Crippen LogP contribution is 2.30. The number of nitrogens with zero attached hydrogens (tertiary/aromatic N) is 2. The van der Waals surface area contributed by atoms with Crippen LogP contribution in [-0.4, -0.2) is 22.1 Å². The number of rotatable bonds is 7. The average molecular weight is 500 g/mol. The van der Waals surface area contributed by atoms with Crippen LogP contribution in [0.2, 0.25) is 0 Å². The fourth-order valence-corrected chi connectivity index (χ4v) is 4.95. The minimum atomic E-state index is -0.421. The van der Waals surface area contributed by atoms with Gasteiger partial charge in [-0.15, -0.1) is 11.3 Å². The normalized spacial score (nSPS) is 11.1. The molecule has 2 aromatic carbocycles. The lowest BCUT2D eigenvalue weighted by Gasteiger charge is -2.09. The number of aryl methyl sites for hydroxylation is 2. The Hall–Kier alpha value is -4.17. The van der Waals surface area contributed by atoms with Gasteiger partial charge in [0.25, 0.3) is 5.91 Å². The second-order valence-electron chi connectivity index (χ2n) is 8.64. The van der Waals surface area contributed by atoms with Crippen LogP contribution in [0.15, 0.2) is 75.3 Å². The van der Waals surface area contributed by atoms with Gasteiger partial charge in [-0.2, -0.15) is 0 Å². The maximum Gasteiger partial charge on any atom is 0.336 e. The van der Waals surface area contributed by atoms with E-state index in [0.717, 1.165) is 40.1 Å². The Kier molecular flexibility index (Phi) is 6.43. The molecule has 5 rings (SSSR count). The zero-order valence-electron chi connectivity index (χ0n) is 20.2. The number of carbonyl (C=O) groups is 1. The Labute approximate surface area is 212 Å². The molecular weight excluding hydrogens is 474 g/mol. The molecule has 0 aliphatic rings. The van der Waals surface area contributed by atoms with Crippen LogP contribution in [0.4, 0.5) is 5.13 Å². The van der Waals surface area contributed by atoms with Crippen LogP contribution in [0.5, 0.6) is 5.75 Å². The Bertz CT molecular complexity index is 1620. The van der Waals surface area contributed by atoms with Gasteiger partial charge in [0, 0.05) is 46.4 Å². The van der Waals surface area contributed by atoms with Gasteiger partial charge in [-0.25, -0.2) is 9.78 Å². The number of amides is 1. The average Bonchev–Trinajstić information content (AvgIpc) is 3.42. The van der Waals surface area contributed by atoms with Crippen molar-refractivity contribution in [1.29, 1.82) is 0 Å². The summed E-state index contributed by atoms with van der Waals surface area (Å²) in [6.45, 7) is 6.62. The monoisotopic (exact) mass is 499 g/mol. The summed E-state index contributed by atoms with van der Waals surface area (Å²) in [6, 6.07) is 19.1. The standard InChI is InChI=1S/C28H25N3O4S/c1-17-11-27(33)35-25-13-21(9-10-22(17)25)34-15-26(32)30-28-29-24(16-36-28)23-12-18(2)31(19(23)3)14-20-7-5-4-6-8-20/h4-13,16H,14-15H2,1-3H3,(H,29,30,32). The summed E-state index contributed by atoms with van der Waals surface area (Å²) in [6.07, 6.45) is 0. The van der Waals surface area contributed by atoms with Crippen molar-refractivity contribution >= 4 is 33.3 Å². The molecule has 1 amide bonds. The number of fused-ring (bicyclic) bond motifs is 1. The summed E-state index contributed by atoms with van der Waals surface area (Å²) < 4.78 is 13.1. The number of carbonyl (C=O) groups excluding carboxylic acids is 1. The molecule has 0 atom stereocenters. The molecule has 7 nitrogen and oxygen atoms in total. The molecule has 5 aromatic rings. The highest BCUT2D eigenvalue weighted by Gasteiger charge is 2.15. The van der Waals surface area contributed by atoms with Gasteiger partial charge < -0.3 is 13.7 Å². The summed E-state index contributed by atoms with van der Waals surface area (Å²) in [4.78, 5) is 28.7. The summed E-state index contributed by atoms with van der Waals surface area (Å²) in [7, 11) is 0. The highest BCUT2D eigenvalue weighted by atomic mass is 32.1. The number of thiazole rings is 1. The number of nitrogens with one attached hydrogen (secondary N) is 1. The van der Waals surface area contributed by atoms with Gasteiger partial charge in [0.2, 0.25) is 0 Å². The molecule has 0 aliphatic carbocycles. The topological polar surface area (TPSA) is 86.4 Å². The lowest BCUT2D eigenvalue weighted by Crippen LogP contribution is -2.20. The van der Waals surface area contributed by atoms with Crippen LogP contribution in [0, 0.1) is 20.8 Å². The van der Waals surface area contributed by atoms with E-state index < -0.39 is 5.63 Å². The van der Waals surface area contributed by atoms with Gasteiger partial charge in [-0.05, 0) is 50.1 Å². The van der Waals surface area contributed by atoms with E-state index in [0.29, 0.717) is 16.5 Å². The minimum absolute atomic E-state index is 0.192. The SMILES string of the molecule is Cc1cc(=O)oc2cc(OCC(=O)Nc3nc(-c4cc(C)n(Cc5ccccc5)c4C)cs3)ccc12. The molecule has 0 bridgehead atoms. The van der Waals surface area contributed by atoms with E-state index in [1.807, 2.05) is 36.6 Å². The number of aromatic nitrogens is 2. The third kappa shape index (κ3) is 4.94. The molecule has 1 N–H and O–H groups in total. The van der Waals surface area contributed by atoms with E-state index in [9.17, 15) is 9.59 Å².